The van der Waals surface area contributed by atoms with Gasteiger partial charge in [-0.3, -0.25) is 0 Å². The highest BCUT2D eigenvalue weighted by molar-refractivity contribution is 5.93. The van der Waals surface area contributed by atoms with Gasteiger partial charge in [-0.1, -0.05) is 67.6 Å². The molecule has 4 heteroatoms. The number of nitrogens with zero attached hydrogens (tertiary/aromatic N) is 2. The van der Waals surface area contributed by atoms with Crippen LogP contribution in [0.4, 0.5) is 5.69 Å². The predicted molar refractivity (Wildman–Crippen MR) is 123 cm³/mol. The topological polar surface area (TPSA) is 48.6 Å². The van der Waals surface area contributed by atoms with Gasteiger partial charge in [-0.25, -0.2) is 0 Å². The van der Waals surface area contributed by atoms with Gasteiger partial charge in [0.25, 0.3) is 0 Å². The second-order valence-electron chi connectivity index (χ2n) is 7.96. The van der Waals surface area contributed by atoms with E-state index in [-0.39, 0.29) is 24.3 Å². The van der Waals surface area contributed by atoms with Crippen LogP contribution in [0, 0.1) is 5.92 Å². The molecule has 0 radical (unpaired) electrons. The van der Waals surface area contributed by atoms with Gasteiger partial charge in [-0.15, -0.1) is 0 Å². The summed E-state index contributed by atoms with van der Waals surface area (Å²) < 4.78 is 2.14. The fourth-order valence-electron chi connectivity index (χ4n) is 4.29. The third-order valence-electron chi connectivity index (χ3n) is 5.76. The third-order valence-corrected chi connectivity index (χ3v) is 5.76. The average Bonchev–Trinajstić information content (AvgIpc) is 3.10. The van der Waals surface area contributed by atoms with Crippen molar-refractivity contribution >= 4 is 16.6 Å². The summed E-state index contributed by atoms with van der Waals surface area (Å²) >= 11 is 0. The number of aromatic hydroxyl groups is 1. The highest BCUT2D eigenvalue weighted by Crippen LogP contribution is 2.39. The van der Waals surface area contributed by atoms with Crippen LogP contribution >= 0.6 is 0 Å². The largest absolute Gasteiger partial charge is 0.508 e. The zero-order valence-corrected chi connectivity index (χ0v) is 17.4. The van der Waals surface area contributed by atoms with Crippen LogP contribution in [-0.2, 0) is 13.6 Å². The number of aliphatic hydroxyl groups excluding tert-OH is 1. The molecule has 0 unspecified atom stereocenters. The first kappa shape index (κ1) is 20.0. The second-order valence-corrected chi connectivity index (χ2v) is 7.96. The van der Waals surface area contributed by atoms with E-state index in [1.807, 2.05) is 18.2 Å². The van der Waals surface area contributed by atoms with Crippen LogP contribution in [0.1, 0.15) is 24.1 Å². The minimum Gasteiger partial charge on any atom is -0.508 e. The Labute approximate surface area is 177 Å². The molecule has 1 heterocycles. The maximum atomic E-state index is 10.1. The number of hydrogen-bond acceptors (Lipinski definition) is 3. The van der Waals surface area contributed by atoms with E-state index in [2.05, 4.69) is 78.2 Å². The molecular formula is C26H28N2O2. The number of anilines is 1. The lowest BCUT2D eigenvalue weighted by Gasteiger charge is -2.37. The van der Waals surface area contributed by atoms with Crippen molar-refractivity contribution in [1.29, 1.82) is 0 Å². The van der Waals surface area contributed by atoms with Gasteiger partial charge in [-0.2, -0.15) is 0 Å². The van der Waals surface area contributed by atoms with Crippen LogP contribution in [0.15, 0.2) is 85.1 Å². The molecule has 2 atom stereocenters. The molecule has 30 heavy (non-hydrogen) atoms. The van der Waals surface area contributed by atoms with Crippen molar-refractivity contribution in [1.82, 2.24) is 4.57 Å². The fourth-order valence-corrected chi connectivity index (χ4v) is 4.29. The van der Waals surface area contributed by atoms with Crippen LogP contribution in [0.25, 0.3) is 10.9 Å². The number of aromatic nitrogens is 1. The Morgan fingerprint density at radius 1 is 0.933 bits per heavy atom. The Bertz CT molecular complexity index is 1120. The van der Waals surface area contributed by atoms with Crippen molar-refractivity contribution in [2.75, 3.05) is 11.5 Å². The molecule has 0 saturated carbocycles. The van der Waals surface area contributed by atoms with E-state index < -0.39 is 0 Å². The second kappa shape index (κ2) is 8.64. The highest BCUT2D eigenvalue weighted by atomic mass is 16.3. The molecule has 0 aliphatic carbocycles. The smallest absolute Gasteiger partial charge is 0.115 e. The first-order chi connectivity index (χ1) is 14.6. The molecule has 0 spiro atoms. The van der Waals surface area contributed by atoms with Gasteiger partial charge in [0, 0.05) is 43.2 Å². The summed E-state index contributed by atoms with van der Waals surface area (Å²) in [6, 6.07) is 26.0. The summed E-state index contributed by atoms with van der Waals surface area (Å²) in [5.74, 6) is 0.203. The first-order valence-electron chi connectivity index (χ1n) is 10.3. The summed E-state index contributed by atoms with van der Waals surface area (Å²) in [4.78, 5) is 2.35. The zero-order valence-electron chi connectivity index (χ0n) is 17.4. The van der Waals surface area contributed by atoms with E-state index >= 15 is 0 Å². The third kappa shape index (κ3) is 3.91. The number of phenolic OH excluding ortho intramolecular Hbond substituents is 1. The molecule has 0 aliphatic heterocycles. The van der Waals surface area contributed by atoms with Gasteiger partial charge in [0.1, 0.15) is 5.75 Å². The Hall–Kier alpha value is -3.24. The monoisotopic (exact) mass is 400 g/mol. The van der Waals surface area contributed by atoms with Crippen LogP contribution in [0.3, 0.4) is 0 Å². The minimum atomic E-state index is -0.104. The van der Waals surface area contributed by atoms with Crippen molar-refractivity contribution in [3.8, 4) is 5.75 Å². The molecule has 0 fully saturated rings. The van der Waals surface area contributed by atoms with Crippen LogP contribution < -0.4 is 4.90 Å². The Kier molecular flexibility index (Phi) is 5.77. The molecule has 0 aliphatic rings. The molecule has 0 saturated heterocycles. The van der Waals surface area contributed by atoms with Gasteiger partial charge in [0.15, 0.2) is 0 Å². The van der Waals surface area contributed by atoms with Crippen molar-refractivity contribution in [2.24, 2.45) is 13.0 Å². The van der Waals surface area contributed by atoms with Crippen molar-refractivity contribution < 1.29 is 10.2 Å². The number of phenols is 1. The predicted octanol–water partition coefficient (Wildman–Crippen LogP) is 5.26. The quantitative estimate of drug-likeness (QED) is 0.445. The van der Waals surface area contributed by atoms with Crippen LogP contribution in [-0.4, -0.2) is 21.4 Å². The summed E-state index contributed by atoms with van der Waals surface area (Å²) in [6.07, 6.45) is 2.16. The number of benzene rings is 3. The fraction of sp³-hybridized carbons (Fsp3) is 0.231. The number of fused-ring (bicyclic) bond motifs is 1. The number of hydrogen-bond donors (Lipinski definition) is 2. The molecule has 3 aromatic carbocycles. The highest BCUT2D eigenvalue weighted by Gasteiger charge is 2.29. The maximum absolute atomic E-state index is 10.1. The lowest BCUT2D eigenvalue weighted by molar-refractivity contribution is 0.212. The van der Waals surface area contributed by atoms with E-state index in [4.69, 9.17) is 0 Å². The Balaban J connectivity index is 1.90. The summed E-state index contributed by atoms with van der Waals surface area (Å²) in [5, 5.41) is 21.4. The van der Waals surface area contributed by atoms with Gasteiger partial charge in [0.2, 0.25) is 0 Å². The van der Waals surface area contributed by atoms with Gasteiger partial charge >= 0.3 is 0 Å². The molecule has 4 rings (SSSR count). The molecule has 2 N–H and O–H groups in total. The van der Waals surface area contributed by atoms with Crippen molar-refractivity contribution in [3.63, 3.8) is 0 Å². The van der Waals surface area contributed by atoms with Gasteiger partial charge in [0.05, 0.1) is 11.7 Å². The van der Waals surface area contributed by atoms with Crippen LogP contribution in [0.2, 0.25) is 0 Å². The van der Waals surface area contributed by atoms with Crippen molar-refractivity contribution in [3.05, 3.63) is 96.2 Å². The standard InChI is InChI=1S/C26H28N2O2/c1-19(18-29)26(21-11-8-12-22(30)15-21)28(16-20-9-4-3-5-10-20)25-17-27(2)24-14-7-6-13-23(24)25/h3-15,17,19,26,29-30H,16,18H2,1-2H3/t19-,26-/m1/s1. The van der Waals surface area contributed by atoms with Crippen LogP contribution in [0.5, 0.6) is 5.75 Å². The summed E-state index contributed by atoms with van der Waals surface area (Å²) in [6.45, 7) is 2.80. The summed E-state index contributed by atoms with van der Waals surface area (Å²) in [5.41, 5.74) is 4.46. The maximum Gasteiger partial charge on any atom is 0.115 e. The van der Waals surface area contributed by atoms with E-state index in [0.29, 0.717) is 6.54 Å². The van der Waals surface area contributed by atoms with E-state index in [1.165, 1.54) is 10.9 Å². The van der Waals surface area contributed by atoms with Gasteiger partial charge in [-0.05, 0) is 29.3 Å². The SMILES string of the molecule is C[C@H](CO)[C@H](c1cccc(O)c1)N(Cc1ccccc1)c1cn(C)c2ccccc12. The Morgan fingerprint density at radius 3 is 2.40 bits per heavy atom. The number of aliphatic hydroxyl groups is 1. The zero-order chi connectivity index (χ0) is 21.1. The van der Waals surface area contributed by atoms with Crippen molar-refractivity contribution in [2.45, 2.75) is 19.5 Å². The van der Waals surface area contributed by atoms with E-state index in [9.17, 15) is 10.2 Å². The number of aryl methyl sites for hydroxylation is 1. The van der Waals surface area contributed by atoms with Gasteiger partial charge < -0.3 is 19.7 Å². The Morgan fingerprint density at radius 2 is 1.67 bits per heavy atom. The van der Waals surface area contributed by atoms with E-state index in [0.717, 1.165) is 16.8 Å². The molecule has 154 valence electrons. The molecule has 1 aromatic heterocycles. The summed E-state index contributed by atoms with van der Waals surface area (Å²) in [7, 11) is 2.06. The minimum absolute atomic E-state index is 0.0329. The molecule has 0 amide bonds. The average molecular weight is 401 g/mol. The molecule has 4 aromatic rings. The molecular weight excluding hydrogens is 372 g/mol. The number of para-hydroxylation sites is 1. The first-order valence-corrected chi connectivity index (χ1v) is 10.3. The molecule has 4 nitrogen and oxygen atoms in total. The van der Waals surface area contributed by atoms with E-state index in [1.54, 1.807) is 12.1 Å². The normalized spacial score (nSPS) is 13.3. The lowest BCUT2D eigenvalue weighted by Crippen LogP contribution is -2.34. The molecule has 0 bridgehead atoms. The lowest BCUT2D eigenvalue weighted by atomic mass is 9.92. The number of rotatable bonds is 7.